The third-order valence-corrected chi connectivity index (χ3v) is 6.09. The van der Waals surface area contributed by atoms with Crippen LogP contribution in [0.5, 0.6) is 0 Å². The van der Waals surface area contributed by atoms with Gasteiger partial charge in [0, 0.05) is 5.56 Å². The molecule has 2 atom stereocenters. The van der Waals surface area contributed by atoms with Gasteiger partial charge in [0.05, 0.1) is 11.1 Å². The molecule has 0 aliphatic rings. The molecule has 0 radical (unpaired) electrons. The van der Waals surface area contributed by atoms with Crippen molar-refractivity contribution in [1.82, 2.24) is 10.9 Å². The highest BCUT2D eigenvalue weighted by atomic mass is 16.6. The lowest BCUT2D eigenvalue weighted by molar-refractivity contribution is -0.159. The monoisotopic (exact) mass is 554 g/mol. The Balaban J connectivity index is 1.59. The molecule has 0 heterocycles. The van der Waals surface area contributed by atoms with Crippen molar-refractivity contribution in [2.24, 2.45) is 0 Å². The van der Waals surface area contributed by atoms with Gasteiger partial charge in [-0.2, -0.15) is 0 Å². The molecule has 3 N–H and O–H groups in total. The Labute approximate surface area is 234 Å². The van der Waals surface area contributed by atoms with E-state index in [1.165, 1.54) is 24.3 Å². The minimum Gasteiger partial charge on any atom is -0.478 e. The smallest absolute Gasteiger partial charge is 0.349 e. The first-order valence-electron chi connectivity index (χ1n) is 12.5. The van der Waals surface area contributed by atoms with Crippen molar-refractivity contribution >= 4 is 40.5 Å². The molecule has 0 bridgehead atoms. The molecule has 4 aromatic carbocycles. The second-order valence-corrected chi connectivity index (χ2v) is 9.20. The number of nitrogens with one attached hydrogen (secondary N) is 2. The first-order chi connectivity index (χ1) is 19.6. The average Bonchev–Trinajstić information content (AvgIpc) is 2.96. The fraction of sp³-hybridized carbons (Fsp3) is 0.129. The number of aliphatic carboxylic acids is 1. The van der Waals surface area contributed by atoms with Crippen LogP contribution >= 0.6 is 0 Å². The van der Waals surface area contributed by atoms with E-state index in [4.69, 9.17) is 9.47 Å². The Morgan fingerprint density at radius 2 is 1.20 bits per heavy atom. The summed E-state index contributed by atoms with van der Waals surface area (Å²) in [4.78, 5) is 64.1. The third kappa shape index (κ3) is 6.93. The van der Waals surface area contributed by atoms with Gasteiger partial charge in [-0.25, -0.2) is 14.4 Å². The van der Waals surface area contributed by atoms with E-state index in [2.05, 4.69) is 10.9 Å². The Bertz CT molecular complexity index is 1640. The van der Waals surface area contributed by atoms with Crippen molar-refractivity contribution in [1.29, 1.82) is 0 Å². The molecular weight excluding hydrogens is 528 g/mol. The summed E-state index contributed by atoms with van der Waals surface area (Å²) >= 11 is 0. The quantitative estimate of drug-likeness (QED) is 0.220. The molecule has 10 nitrogen and oxygen atoms in total. The predicted molar refractivity (Wildman–Crippen MR) is 148 cm³/mol. The SMILES string of the molecule is Cc1cccc(C(=O)O[C@H](C(=O)NNC(=O)c2cccc3ccccc23)[C@@H](OC(=O)c2cccc(C)c2)C(=O)O)c1. The second kappa shape index (κ2) is 12.6. The number of ether oxygens (including phenoxy) is 2. The maximum atomic E-state index is 13.2. The second-order valence-electron chi connectivity index (χ2n) is 9.20. The van der Waals surface area contributed by atoms with E-state index in [1.54, 1.807) is 62.4 Å². The Morgan fingerprint density at radius 1 is 0.659 bits per heavy atom. The number of fused-ring (bicyclic) bond motifs is 1. The number of hydrazine groups is 1. The summed E-state index contributed by atoms with van der Waals surface area (Å²) in [6.45, 7) is 3.46. The average molecular weight is 555 g/mol. The van der Waals surface area contributed by atoms with Crippen molar-refractivity contribution in [2.45, 2.75) is 26.1 Å². The van der Waals surface area contributed by atoms with Crippen molar-refractivity contribution in [3.63, 3.8) is 0 Å². The van der Waals surface area contributed by atoms with Crippen LogP contribution in [0.1, 0.15) is 42.2 Å². The van der Waals surface area contributed by atoms with Gasteiger partial charge in [0.2, 0.25) is 12.2 Å². The van der Waals surface area contributed by atoms with Gasteiger partial charge in [-0.15, -0.1) is 0 Å². The number of esters is 2. The van der Waals surface area contributed by atoms with E-state index < -0.39 is 41.9 Å². The summed E-state index contributed by atoms with van der Waals surface area (Å²) in [7, 11) is 0. The lowest BCUT2D eigenvalue weighted by Crippen LogP contribution is -2.54. The zero-order valence-corrected chi connectivity index (χ0v) is 22.1. The fourth-order valence-corrected chi connectivity index (χ4v) is 4.09. The summed E-state index contributed by atoms with van der Waals surface area (Å²) in [5.74, 6) is -5.77. The lowest BCUT2D eigenvalue weighted by Gasteiger charge is -2.23. The molecule has 4 rings (SSSR count). The molecule has 208 valence electrons. The van der Waals surface area contributed by atoms with E-state index in [9.17, 15) is 29.1 Å². The molecule has 0 aliphatic heterocycles. The first-order valence-corrected chi connectivity index (χ1v) is 12.5. The normalized spacial score (nSPS) is 12.0. The molecule has 0 saturated carbocycles. The van der Waals surface area contributed by atoms with Crippen LogP contribution < -0.4 is 10.9 Å². The van der Waals surface area contributed by atoms with Gasteiger partial charge in [-0.3, -0.25) is 20.4 Å². The van der Waals surface area contributed by atoms with Crippen molar-refractivity contribution in [3.05, 3.63) is 119 Å². The minimum absolute atomic E-state index is 0.0321. The molecule has 0 saturated heterocycles. The number of hydrogen-bond acceptors (Lipinski definition) is 7. The number of hydrogen-bond donors (Lipinski definition) is 3. The van der Waals surface area contributed by atoms with E-state index in [0.717, 1.165) is 5.39 Å². The van der Waals surface area contributed by atoms with Crippen LogP contribution in [0.2, 0.25) is 0 Å². The molecule has 10 heteroatoms. The summed E-state index contributed by atoms with van der Waals surface area (Å²) < 4.78 is 10.4. The highest BCUT2D eigenvalue weighted by Crippen LogP contribution is 2.19. The zero-order valence-electron chi connectivity index (χ0n) is 22.1. The predicted octanol–water partition coefficient (Wildman–Crippen LogP) is 3.75. The number of carbonyl (C=O) groups excluding carboxylic acids is 4. The summed E-state index contributed by atoms with van der Waals surface area (Å²) in [5, 5.41) is 11.3. The highest BCUT2D eigenvalue weighted by Gasteiger charge is 2.41. The topological polar surface area (TPSA) is 148 Å². The van der Waals surface area contributed by atoms with Crippen LogP contribution in [-0.2, 0) is 19.1 Å². The van der Waals surface area contributed by atoms with E-state index in [-0.39, 0.29) is 16.7 Å². The van der Waals surface area contributed by atoms with E-state index in [0.29, 0.717) is 16.5 Å². The number of rotatable bonds is 8. The van der Waals surface area contributed by atoms with Crippen LogP contribution in [0.4, 0.5) is 0 Å². The van der Waals surface area contributed by atoms with E-state index in [1.807, 2.05) is 18.2 Å². The molecular formula is C31H26N2O8. The zero-order chi connectivity index (χ0) is 29.5. The Kier molecular flexibility index (Phi) is 8.73. The first kappa shape index (κ1) is 28.5. The van der Waals surface area contributed by atoms with Crippen molar-refractivity contribution in [3.8, 4) is 0 Å². The molecule has 4 aromatic rings. The van der Waals surface area contributed by atoms with Gasteiger partial charge in [0.25, 0.3) is 11.8 Å². The Hall–Kier alpha value is -5.51. The third-order valence-electron chi connectivity index (χ3n) is 6.09. The number of amides is 2. The van der Waals surface area contributed by atoms with Gasteiger partial charge in [-0.05, 0) is 55.0 Å². The molecule has 0 aromatic heterocycles. The number of benzene rings is 4. The summed E-state index contributed by atoms with van der Waals surface area (Å²) in [6.07, 6.45) is -4.41. The molecule has 41 heavy (non-hydrogen) atoms. The van der Waals surface area contributed by atoms with E-state index >= 15 is 0 Å². The number of carboxylic acid groups (broad SMARTS) is 1. The van der Waals surface area contributed by atoms with Gasteiger partial charge in [-0.1, -0.05) is 71.8 Å². The van der Waals surface area contributed by atoms with Gasteiger partial charge in [0.15, 0.2) is 0 Å². The van der Waals surface area contributed by atoms with Crippen LogP contribution in [0.3, 0.4) is 0 Å². The van der Waals surface area contributed by atoms with Crippen LogP contribution in [0.25, 0.3) is 10.8 Å². The fourth-order valence-electron chi connectivity index (χ4n) is 4.09. The Morgan fingerprint density at radius 3 is 1.78 bits per heavy atom. The van der Waals surface area contributed by atoms with Gasteiger partial charge >= 0.3 is 17.9 Å². The van der Waals surface area contributed by atoms with Crippen LogP contribution in [0, 0.1) is 13.8 Å². The van der Waals surface area contributed by atoms with Crippen LogP contribution in [0.15, 0.2) is 91.0 Å². The maximum Gasteiger partial charge on any atom is 0.349 e. The molecule has 0 fully saturated rings. The molecule has 2 amide bonds. The number of aryl methyl sites for hydroxylation is 2. The molecule has 0 unspecified atom stereocenters. The van der Waals surface area contributed by atoms with Crippen LogP contribution in [-0.4, -0.2) is 47.0 Å². The van der Waals surface area contributed by atoms with Crippen molar-refractivity contribution in [2.75, 3.05) is 0 Å². The summed E-state index contributed by atoms with van der Waals surface area (Å²) in [6, 6.07) is 24.5. The maximum absolute atomic E-state index is 13.2. The lowest BCUT2D eigenvalue weighted by atomic mass is 10.0. The van der Waals surface area contributed by atoms with Gasteiger partial charge < -0.3 is 14.6 Å². The largest absolute Gasteiger partial charge is 0.478 e. The number of carboxylic acids is 1. The highest BCUT2D eigenvalue weighted by molar-refractivity contribution is 6.07. The minimum atomic E-state index is -2.24. The standard InChI is InChI=1S/C31H26N2O8/c1-18-8-5-12-21(16-18)30(38)40-25(26(29(36)37)41-31(39)22-13-6-9-19(2)17-22)28(35)33-32-27(34)24-15-7-11-20-10-3-4-14-23(20)24/h3-17,25-26H,1-2H3,(H,32,34)(H,33,35)(H,36,37)/t25-,26+/m0/s1. The molecule has 0 spiro atoms. The summed E-state index contributed by atoms with van der Waals surface area (Å²) in [5.41, 5.74) is 6.04. The van der Waals surface area contributed by atoms with Gasteiger partial charge in [0.1, 0.15) is 0 Å². The molecule has 0 aliphatic carbocycles. The number of carbonyl (C=O) groups is 5. The van der Waals surface area contributed by atoms with Crippen molar-refractivity contribution < 1.29 is 38.6 Å².